The Hall–Kier alpha value is -0.540. The van der Waals surface area contributed by atoms with Gasteiger partial charge in [0.25, 0.3) is 0 Å². The first-order valence-electron chi connectivity index (χ1n) is 7.46. The van der Waals surface area contributed by atoms with Gasteiger partial charge in [0.2, 0.25) is 0 Å². The molecule has 2 nitrogen and oxygen atoms in total. The summed E-state index contributed by atoms with van der Waals surface area (Å²) in [6, 6.07) is 7.42. The number of benzene rings is 1. The molecule has 1 N–H and O–H groups in total. The maximum Gasteiger partial charge on any atom is 0.0415 e. The lowest BCUT2D eigenvalue weighted by Gasteiger charge is -2.36. The van der Waals surface area contributed by atoms with Gasteiger partial charge in [-0.3, -0.25) is 0 Å². The molecule has 19 heavy (non-hydrogen) atoms. The Bertz CT molecular complexity index is 400. The lowest BCUT2D eigenvalue weighted by atomic mass is 9.93. The van der Waals surface area contributed by atoms with Gasteiger partial charge in [-0.05, 0) is 50.6 Å². The molecule has 1 aromatic rings. The van der Waals surface area contributed by atoms with Crippen molar-refractivity contribution in [3.05, 3.63) is 28.2 Å². The summed E-state index contributed by atoms with van der Waals surface area (Å²) in [7, 11) is 2.02. The Balaban J connectivity index is 2.25. The van der Waals surface area contributed by atoms with Crippen molar-refractivity contribution in [3.63, 3.8) is 0 Å². The molecule has 0 spiro atoms. The van der Waals surface area contributed by atoms with E-state index in [9.17, 15) is 0 Å². The van der Waals surface area contributed by atoms with Crippen LogP contribution in [-0.2, 0) is 6.54 Å². The van der Waals surface area contributed by atoms with Gasteiger partial charge in [0.15, 0.2) is 0 Å². The summed E-state index contributed by atoms with van der Waals surface area (Å²) in [6.45, 7) is 4.31. The molecule has 1 fully saturated rings. The van der Waals surface area contributed by atoms with Crippen molar-refractivity contribution in [1.82, 2.24) is 5.32 Å². The van der Waals surface area contributed by atoms with E-state index < -0.39 is 0 Å². The summed E-state index contributed by atoms with van der Waals surface area (Å²) >= 11 is 3.59. The molecule has 0 saturated heterocycles. The standard InChI is InChI=1S/C16H25BrN2/c1-3-19(15-7-5-4-6-8-15)16-10-9-14(17)11-13(16)12-18-2/h9-11,15,18H,3-8,12H2,1-2H3. The molecule has 0 unspecified atom stereocenters. The van der Waals surface area contributed by atoms with Crippen molar-refractivity contribution >= 4 is 21.6 Å². The van der Waals surface area contributed by atoms with Crippen LogP contribution in [0.5, 0.6) is 0 Å². The molecule has 0 heterocycles. The second-order valence-electron chi connectivity index (χ2n) is 5.38. The first kappa shape index (κ1) is 14.9. The van der Waals surface area contributed by atoms with Crippen molar-refractivity contribution in [2.24, 2.45) is 0 Å². The van der Waals surface area contributed by atoms with Crippen LogP contribution in [0.25, 0.3) is 0 Å². The lowest BCUT2D eigenvalue weighted by molar-refractivity contribution is 0.417. The molecule has 1 saturated carbocycles. The maximum absolute atomic E-state index is 3.59. The topological polar surface area (TPSA) is 15.3 Å². The highest BCUT2D eigenvalue weighted by Crippen LogP contribution is 2.31. The molecule has 1 aliphatic rings. The van der Waals surface area contributed by atoms with Crippen LogP contribution >= 0.6 is 15.9 Å². The van der Waals surface area contributed by atoms with Gasteiger partial charge in [0.05, 0.1) is 0 Å². The molecule has 0 aromatic heterocycles. The van der Waals surface area contributed by atoms with Crippen LogP contribution < -0.4 is 10.2 Å². The highest BCUT2D eigenvalue weighted by molar-refractivity contribution is 9.10. The summed E-state index contributed by atoms with van der Waals surface area (Å²) in [5, 5.41) is 3.29. The van der Waals surface area contributed by atoms with E-state index in [-0.39, 0.29) is 0 Å². The molecule has 2 rings (SSSR count). The molecule has 0 amide bonds. The van der Waals surface area contributed by atoms with Crippen LogP contribution in [0.3, 0.4) is 0 Å². The van der Waals surface area contributed by atoms with Crippen LogP contribution in [0, 0.1) is 0 Å². The third-order valence-corrected chi connectivity index (χ3v) is 4.57. The van der Waals surface area contributed by atoms with Gasteiger partial charge in [-0.2, -0.15) is 0 Å². The summed E-state index contributed by atoms with van der Waals surface area (Å²) < 4.78 is 1.17. The van der Waals surface area contributed by atoms with Crippen molar-refractivity contribution in [3.8, 4) is 0 Å². The molecule has 0 bridgehead atoms. The number of hydrogen-bond acceptors (Lipinski definition) is 2. The summed E-state index contributed by atoms with van der Waals surface area (Å²) in [5.74, 6) is 0. The minimum atomic E-state index is 0.732. The Kier molecular flexibility index (Phi) is 5.71. The Labute approximate surface area is 125 Å². The fourth-order valence-corrected chi connectivity index (χ4v) is 3.59. The number of hydrogen-bond donors (Lipinski definition) is 1. The van der Waals surface area contributed by atoms with Crippen LogP contribution in [0.1, 0.15) is 44.6 Å². The monoisotopic (exact) mass is 324 g/mol. The summed E-state index contributed by atoms with van der Waals surface area (Å²) in [6.07, 6.45) is 6.89. The van der Waals surface area contributed by atoms with E-state index in [0.29, 0.717) is 0 Å². The SMILES string of the molecule is CCN(c1ccc(Br)cc1CNC)C1CCCCC1. The van der Waals surface area contributed by atoms with Crippen molar-refractivity contribution < 1.29 is 0 Å². The average Bonchev–Trinajstić information content (AvgIpc) is 2.43. The van der Waals surface area contributed by atoms with Crippen LogP contribution in [0.15, 0.2) is 22.7 Å². The highest BCUT2D eigenvalue weighted by atomic mass is 79.9. The molecule has 0 aliphatic heterocycles. The zero-order valence-electron chi connectivity index (χ0n) is 12.1. The van der Waals surface area contributed by atoms with Gasteiger partial charge in [-0.15, -0.1) is 0 Å². The molecule has 106 valence electrons. The van der Waals surface area contributed by atoms with E-state index in [2.05, 4.69) is 51.3 Å². The average molecular weight is 325 g/mol. The Morgan fingerprint density at radius 3 is 2.63 bits per heavy atom. The van der Waals surface area contributed by atoms with E-state index in [4.69, 9.17) is 0 Å². The molecule has 1 aromatic carbocycles. The third kappa shape index (κ3) is 3.73. The van der Waals surface area contributed by atoms with E-state index in [1.807, 2.05) is 7.05 Å². The number of nitrogens with one attached hydrogen (secondary N) is 1. The number of anilines is 1. The fraction of sp³-hybridized carbons (Fsp3) is 0.625. The van der Waals surface area contributed by atoms with E-state index in [1.165, 1.54) is 47.8 Å². The third-order valence-electron chi connectivity index (χ3n) is 4.07. The summed E-state index contributed by atoms with van der Waals surface area (Å²) in [4.78, 5) is 2.61. The summed E-state index contributed by atoms with van der Waals surface area (Å²) in [5.41, 5.74) is 2.80. The largest absolute Gasteiger partial charge is 0.369 e. The Morgan fingerprint density at radius 1 is 1.26 bits per heavy atom. The van der Waals surface area contributed by atoms with Crippen LogP contribution in [0.4, 0.5) is 5.69 Å². The molecule has 1 aliphatic carbocycles. The van der Waals surface area contributed by atoms with Crippen molar-refractivity contribution in [2.45, 2.75) is 51.6 Å². The second kappa shape index (κ2) is 7.30. The quantitative estimate of drug-likeness (QED) is 0.867. The molecule has 0 radical (unpaired) electrons. The normalized spacial score (nSPS) is 16.6. The predicted octanol–water partition coefficient (Wildman–Crippen LogP) is 4.33. The molecule has 0 atom stereocenters. The van der Waals surface area contributed by atoms with Crippen LogP contribution in [-0.4, -0.2) is 19.6 Å². The second-order valence-corrected chi connectivity index (χ2v) is 6.30. The van der Waals surface area contributed by atoms with Gasteiger partial charge in [-0.25, -0.2) is 0 Å². The van der Waals surface area contributed by atoms with Gasteiger partial charge >= 0.3 is 0 Å². The number of halogens is 1. The Morgan fingerprint density at radius 2 is 2.00 bits per heavy atom. The zero-order chi connectivity index (χ0) is 13.7. The van der Waals surface area contributed by atoms with Crippen molar-refractivity contribution in [1.29, 1.82) is 0 Å². The van der Waals surface area contributed by atoms with Gasteiger partial charge in [-0.1, -0.05) is 35.2 Å². The van der Waals surface area contributed by atoms with Gasteiger partial charge in [0.1, 0.15) is 0 Å². The first-order chi connectivity index (χ1) is 9.26. The predicted molar refractivity (Wildman–Crippen MR) is 86.8 cm³/mol. The first-order valence-corrected chi connectivity index (χ1v) is 8.25. The highest BCUT2D eigenvalue weighted by Gasteiger charge is 2.21. The fourth-order valence-electron chi connectivity index (χ4n) is 3.18. The zero-order valence-corrected chi connectivity index (χ0v) is 13.7. The van der Waals surface area contributed by atoms with E-state index in [1.54, 1.807) is 0 Å². The number of nitrogens with zero attached hydrogens (tertiary/aromatic N) is 1. The van der Waals surface area contributed by atoms with E-state index >= 15 is 0 Å². The minimum Gasteiger partial charge on any atom is -0.369 e. The van der Waals surface area contributed by atoms with Crippen molar-refractivity contribution in [2.75, 3.05) is 18.5 Å². The molecular formula is C16H25BrN2. The minimum absolute atomic E-state index is 0.732. The van der Waals surface area contributed by atoms with Gasteiger partial charge < -0.3 is 10.2 Å². The molecule has 3 heteroatoms. The number of rotatable bonds is 5. The van der Waals surface area contributed by atoms with Gasteiger partial charge in [0, 0.05) is 29.3 Å². The molecular weight excluding hydrogens is 300 g/mol. The van der Waals surface area contributed by atoms with Crippen LogP contribution in [0.2, 0.25) is 0 Å². The maximum atomic E-state index is 3.59. The van der Waals surface area contributed by atoms with E-state index in [0.717, 1.165) is 19.1 Å². The smallest absolute Gasteiger partial charge is 0.0415 e. The lowest BCUT2D eigenvalue weighted by Crippen LogP contribution is -2.37.